The number of carbonyl (C=O) groups is 2. The highest BCUT2D eigenvalue weighted by molar-refractivity contribution is 6.04. The van der Waals surface area contributed by atoms with Crippen LogP contribution in [0.5, 0.6) is 5.75 Å². The van der Waals surface area contributed by atoms with Crippen molar-refractivity contribution in [3.8, 4) is 5.75 Å². The Hall–Kier alpha value is -2.82. The normalized spacial score (nSPS) is 11.6. The SMILES string of the molecule is CCCCc1ccc(NC(=O)c2ccc(OC(C)C(=O)O)cc2)cc1. The Morgan fingerprint density at radius 3 is 2.28 bits per heavy atom. The molecule has 0 aliphatic heterocycles. The number of rotatable bonds is 8. The van der Waals surface area contributed by atoms with E-state index in [2.05, 4.69) is 12.2 Å². The van der Waals surface area contributed by atoms with E-state index in [1.165, 1.54) is 12.5 Å². The maximum atomic E-state index is 12.3. The highest BCUT2D eigenvalue weighted by Gasteiger charge is 2.13. The largest absolute Gasteiger partial charge is 0.479 e. The maximum absolute atomic E-state index is 12.3. The molecule has 1 atom stereocenters. The first-order valence-corrected chi connectivity index (χ1v) is 8.39. The van der Waals surface area contributed by atoms with Gasteiger partial charge in [-0.1, -0.05) is 25.5 Å². The molecule has 2 aromatic rings. The number of carbonyl (C=O) groups excluding carboxylic acids is 1. The molecule has 0 heterocycles. The standard InChI is InChI=1S/C20H23NO4/c1-3-4-5-15-6-10-17(11-7-15)21-19(22)16-8-12-18(13-9-16)25-14(2)20(23)24/h6-14H,3-5H2,1-2H3,(H,21,22)(H,23,24). The number of aryl methyl sites for hydroxylation is 1. The fourth-order valence-electron chi connectivity index (χ4n) is 2.28. The van der Waals surface area contributed by atoms with Crippen LogP contribution in [0.3, 0.4) is 0 Å². The number of aliphatic carboxylic acids is 1. The van der Waals surface area contributed by atoms with Gasteiger partial charge in [0.2, 0.25) is 0 Å². The van der Waals surface area contributed by atoms with Gasteiger partial charge in [0, 0.05) is 11.3 Å². The zero-order valence-electron chi connectivity index (χ0n) is 14.5. The predicted octanol–water partition coefficient (Wildman–Crippen LogP) is 4.13. The summed E-state index contributed by atoms with van der Waals surface area (Å²) in [6, 6.07) is 14.2. The molecule has 0 spiro atoms. The van der Waals surface area contributed by atoms with E-state index in [1.807, 2.05) is 24.3 Å². The van der Waals surface area contributed by atoms with Crippen molar-refractivity contribution in [3.63, 3.8) is 0 Å². The van der Waals surface area contributed by atoms with Crippen LogP contribution in [-0.2, 0) is 11.2 Å². The quantitative estimate of drug-likeness (QED) is 0.757. The van der Waals surface area contributed by atoms with Crippen LogP contribution in [-0.4, -0.2) is 23.1 Å². The summed E-state index contributed by atoms with van der Waals surface area (Å²) in [5.74, 6) is -0.852. The second kappa shape index (κ2) is 8.87. The molecule has 1 unspecified atom stereocenters. The zero-order valence-corrected chi connectivity index (χ0v) is 14.5. The van der Waals surface area contributed by atoms with E-state index in [-0.39, 0.29) is 5.91 Å². The van der Waals surface area contributed by atoms with E-state index in [9.17, 15) is 9.59 Å². The van der Waals surface area contributed by atoms with Gasteiger partial charge in [-0.25, -0.2) is 4.79 Å². The van der Waals surface area contributed by atoms with E-state index < -0.39 is 12.1 Å². The second-order valence-electron chi connectivity index (χ2n) is 5.88. The van der Waals surface area contributed by atoms with Gasteiger partial charge in [0.05, 0.1) is 0 Å². The molecule has 132 valence electrons. The van der Waals surface area contributed by atoms with Crippen molar-refractivity contribution < 1.29 is 19.4 Å². The summed E-state index contributed by atoms with van der Waals surface area (Å²) in [7, 11) is 0. The highest BCUT2D eigenvalue weighted by atomic mass is 16.5. The highest BCUT2D eigenvalue weighted by Crippen LogP contribution is 2.16. The summed E-state index contributed by atoms with van der Waals surface area (Å²) in [6.07, 6.45) is 2.41. The van der Waals surface area contributed by atoms with E-state index in [0.29, 0.717) is 11.3 Å². The topological polar surface area (TPSA) is 75.6 Å². The smallest absolute Gasteiger partial charge is 0.344 e. The van der Waals surface area contributed by atoms with Crippen LogP contribution in [0.2, 0.25) is 0 Å². The third kappa shape index (κ3) is 5.64. The molecule has 0 aliphatic carbocycles. The van der Waals surface area contributed by atoms with E-state index in [1.54, 1.807) is 24.3 Å². The van der Waals surface area contributed by atoms with Crippen LogP contribution in [0, 0.1) is 0 Å². The van der Waals surface area contributed by atoms with Crippen molar-refractivity contribution in [2.24, 2.45) is 0 Å². The van der Waals surface area contributed by atoms with Gasteiger partial charge in [0.25, 0.3) is 5.91 Å². The predicted molar refractivity (Wildman–Crippen MR) is 97.2 cm³/mol. The Morgan fingerprint density at radius 1 is 1.08 bits per heavy atom. The summed E-state index contributed by atoms with van der Waals surface area (Å²) in [5.41, 5.74) is 2.48. The number of benzene rings is 2. The number of nitrogens with one attached hydrogen (secondary N) is 1. The molecule has 2 aromatic carbocycles. The van der Waals surface area contributed by atoms with Crippen molar-refractivity contribution in [1.82, 2.24) is 0 Å². The lowest BCUT2D eigenvalue weighted by atomic mass is 10.1. The molecule has 0 fully saturated rings. The first-order chi connectivity index (χ1) is 12.0. The van der Waals surface area contributed by atoms with Crippen molar-refractivity contribution in [3.05, 3.63) is 59.7 Å². The van der Waals surface area contributed by atoms with Crippen LogP contribution in [0.1, 0.15) is 42.6 Å². The first kappa shape index (κ1) is 18.5. The molecule has 5 heteroatoms. The number of hydrogen-bond acceptors (Lipinski definition) is 3. The van der Waals surface area contributed by atoms with Crippen LogP contribution < -0.4 is 10.1 Å². The Balaban J connectivity index is 1.95. The summed E-state index contributed by atoms with van der Waals surface area (Å²) in [6.45, 7) is 3.61. The average molecular weight is 341 g/mol. The summed E-state index contributed by atoms with van der Waals surface area (Å²) >= 11 is 0. The molecule has 0 aromatic heterocycles. The minimum absolute atomic E-state index is 0.223. The van der Waals surface area contributed by atoms with Gasteiger partial charge in [-0.05, 0) is 61.7 Å². The van der Waals surface area contributed by atoms with Crippen LogP contribution in [0.4, 0.5) is 5.69 Å². The Morgan fingerprint density at radius 2 is 1.72 bits per heavy atom. The van der Waals surface area contributed by atoms with Crippen LogP contribution in [0.15, 0.2) is 48.5 Å². The van der Waals surface area contributed by atoms with E-state index in [4.69, 9.17) is 9.84 Å². The minimum Gasteiger partial charge on any atom is -0.479 e. The van der Waals surface area contributed by atoms with Crippen molar-refractivity contribution in [2.45, 2.75) is 39.2 Å². The van der Waals surface area contributed by atoms with Gasteiger partial charge in [0.1, 0.15) is 5.75 Å². The molecule has 2 rings (SSSR count). The fourth-order valence-corrected chi connectivity index (χ4v) is 2.28. The van der Waals surface area contributed by atoms with Crippen LogP contribution in [0.25, 0.3) is 0 Å². The monoisotopic (exact) mass is 341 g/mol. The summed E-state index contributed by atoms with van der Waals surface area (Å²) in [5, 5.41) is 11.7. The van der Waals surface area contributed by atoms with Gasteiger partial charge in [-0.15, -0.1) is 0 Å². The number of anilines is 1. The Labute approximate surface area is 147 Å². The van der Waals surface area contributed by atoms with Crippen molar-refractivity contribution >= 4 is 17.6 Å². The van der Waals surface area contributed by atoms with E-state index >= 15 is 0 Å². The molecule has 0 aliphatic rings. The lowest BCUT2D eigenvalue weighted by molar-refractivity contribution is -0.144. The number of unbranched alkanes of at least 4 members (excludes halogenated alkanes) is 1. The van der Waals surface area contributed by atoms with Gasteiger partial charge in [-0.2, -0.15) is 0 Å². The van der Waals surface area contributed by atoms with E-state index in [0.717, 1.165) is 24.9 Å². The van der Waals surface area contributed by atoms with Crippen molar-refractivity contribution in [2.75, 3.05) is 5.32 Å². The molecule has 0 bridgehead atoms. The molecule has 0 radical (unpaired) electrons. The third-order valence-electron chi connectivity index (χ3n) is 3.81. The molecule has 0 saturated carbocycles. The Bertz CT molecular complexity index is 707. The van der Waals surface area contributed by atoms with Crippen LogP contribution >= 0.6 is 0 Å². The molecule has 1 amide bonds. The fraction of sp³-hybridized carbons (Fsp3) is 0.300. The Kier molecular flexibility index (Phi) is 6.57. The molecule has 2 N–H and O–H groups in total. The second-order valence-corrected chi connectivity index (χ2v) is 5.88. The maximum Gasteiger partial charge on any atom is 0.344 e. The number of carboxylic acid groups (broad SMARTS) is 1. The average Bonchev–Trinajstić information content (AvgIpc) is 2.61. The number of hydrogen-bond donors (Lipinski definition) is 2. The lowest BCUT2D eigenvalue weighted by Crippen LogP contribution is -2.22. The molecular formula is C20H23NO4. The van der Waals surface area contributed by atoms with Gasteiger partial charge in [0.15, 0.2) is 6.10 Å². The number of ether oxygens (including phenoxy) is 1. The van der Waals surface area contributed by atoms with Gasteiger partial charge >= 0.3 is 5.97 Å². The number of carboxylic acids is 1. The first-order valence-electron chi connectivity index (χ1n) is 8.39. The molecule has 25 heavy (non-hydrogen) atoms. The number of amides is 1. The van der Waals surface area contributed by atoms with Crippen molar-refractivity contribution in [1.29, 1.82) is 0 Å². The summed E-state index contributed by atoms with van der Waals surface area (Å²) < 4.78 is 5.24. The zero-order chi connectivity index (χ0) is 18.2. The molecule has 5 nitrogen and oxygen atoms in total. The summed E-state index contributed by atoms with van der Waals surface area (Å²) in [4.78, 5) is 23.0. The molecular weight excluding hydrogens is 318 g/mol. The van der Waals surface area contributed by atoms with Gasteiger partial charge < -0.3 is 15.2 Å². The lowest BCUT2D eigenvalue weighted by Gasteiger charge is -2.11. The molecule has 0 saturated heterocycles. The minimum atomic E-state index is -1.04. The third-order valence-corrected chi connectivity index (χ3v) is 3.81. The van der Waals surface area contributed by atoms with Gasteiger partial charge in [-0.3, -0.25) is 4.79 Å².